The zero-order valence-corrected chi connectivity index (χ0v) is 7.53. The van der Waals surface area contributed by atoms with Crippen LogP contribution in [0.3, 0.4) is 0 Å². The van der Waals surface area contributed by atoms with Crippen molar-refractivity contribution in [2.75, 3.05) is 0 Å². The Morgan fingerprint density at radius 1 is 1.36 bits per heavy atom. The third kappa shape index (κ3) is 1.77. The summed E-state index contributed by atoms with van der Waals surface area (Å²) in [6.07, 6.45) is 0. The normalized spacial score (nSPS) is 9.64. The number of aryl methyl sites for hydroxylation is 2. The molecule has 0 unspecified atom stereocenters. The zero-order chi connectivity index (χ0) is 8.43. The Kier molecular flexibility index (Phi) is 2.25. The molecule has 11 heavy (non-hydrogen) atoms. The summed E-state index contributed by atoms with van der Waals surface area (Å²) in [7, 11) is 0. The second kappa shape index (κ2) is 3.01. The molecule has 0 fully saturated rings. The Morgan fingerprint density at radius 3 is 2.45 bits per heavy atom. The fraction of sp³-hybridized carbons (Fsp3) is 0.222. The third-order valence-electron chi connectivity index (χ3n) is 1.66. The summed E-state index contributed by atoms with van der Waals surface area (Å²) < 4.78 is 0. The van der Waals surface area contributed by atoms with E-state index in [4.69, 9.17) is 18.0 Å². The number of hydrogen-bond acceptors (Lipinski definition) is 1. The minimum Gasteiger partial charge on any atom is -0.389 e. The van der Waals surface area contributed by atoms with Gasteiger partial charge in [0.15, 0.2) is 0 Å². The van der Waals surface area contributed by atoms with Gasteiger partial charge in [0, 0.05) is 5.56 Å². The Morgan fingerprint density at radius 2 is 2.00 bits per heavy atom. The van der Waals surface area contributed by atoms with Crippen LogP contribution in [-0.2, 0) is 0 Å². The lowest BCUT2D eigenvalue weighted by Gasteiger charge is -2.03. The molecule has 0 aliphatic rings. The van der Waals surface area contributed by atoms with E-state index < -0.39 is 0 Å². The van der Waals surface area contributed by atoms with Crippen LogP contribution in [0.5, 0.6) is 0 Å². The van der Waals surface area contributed by atoms with Gasteiger partial charge in [0.05, 0.1) is 0 Å². The lowest BCUT2D eigenvalue weighted by Crippen LogP contribution is -2.11. The molecule has 1 aromatic carbocycles. The van der Waals surface area contributed by atoms with Gasteiger partial charge in [-0.05, 0) is 25.5 Å². The molecule has 2 heteroatoms. The predicted octanol–water partition coefficient (Wildman–Crippen LogP) is 1.94. The van der Waals surface area contributed by atoms with Gasteiger partial charge in [0.1, 0.15) is 4.99 Å². The first-order chi connectivity index (χ1) is 5.11. The Hall–Kier alpha value is -0.890. The van der Waals surface area contributed by atoms with E-state index in [9.17, 15) is 0 Å². The summed E-state index contributed by atoms with van der Waals surface area (Å²) in [6, 6.07) is 6.10. The van der Waals surface area contributed by atoms with E-state index in [2.05, 4.69) is 6.07 Å². The first-order valence-electron chi connectivity index (χ1n) is 3.48. The van der Waals surface area contributed by atoms with E-state index in [1.807, 2.05) is 26.0 Å². The van der Waals surface area contributed by atoms with Crippen LogP contribution in [0, 0.1) is 13.8 Å². The highest BCUT2D eigenvalue weighted by atomic mass is 32.1. The van der Waals surface area contributed by atoms with Crippen molar-refractivity contribution < 1.29 is 0 Å². The van der Waals surface area contributed by atoms with Crippen molar-refractivity contribution >= 4 is 17.2 Å². The molecule has 0 aromatic heterocycles. The highest BCUT2D eigenvalue weighted by Crippen LogP contribution is 2.09. The van der Waals surface area contributed by atoms with E-state index in [1.54, 1.807) is 0 Å². The molecule has 1 aromatic rings. The number of hydrogen-bond donors (Lipinski definition) is 1. The van der Waals surface area contributed by atoms with Crippen LogP contribution in [0.25, 0.3) is 0 Å². The number of nitrogens with two attached hydrogens (primary N) is 1. The van der Waals surface area contributed by atoms with Crippen LogP contribution < -0.4 is 5.73 Å². The smallest absolute Gasteiger partial charge is 0.104 e. The van der Waals surface area contributed by atoms with Crippen LogP contribution in [0.15, 0.2) is 18.2 Å². The molecule has 0 saturated carbocycles. The van der Waals surface area contributed by atoms with Crippen LogP contribution >= 0.6 is 12.2 Å². The average molecular weight is 165 g/mol. The fourth-order valence-corrected chi connectivity index (χ4v) is 1.22. The van der Waals surface area contributed by atoms with Crippen molar-refractivity contribution in [1.82, 2.24) is 0 Å². The molecule has 0 aliphatic heterocycles. The molecule has 0 aliphatic carbocycles. The number of thiocarbonyl (C=S) groups is 1. The van der Waals surface area contributed by atoms with Crippen LogP contribution in [-0.4, -0.2) is 4.99 Å². The van der Waals surface area contributed by atoms with Crippen molar-refractivity contribution in [3.8, 4) is 0 Å². The maximum Gasteiger partial charge on any atom is 0.104 e. The minimum absolute atomic E-state index is 0.478. The lowest BCUT2D eigenvalue weighted by atomic mass is 10.1. The van der Waals surface area contributed by atoms with Crippen LogP contribution in [0.4, 0.5) is 0 Å². The molecular formula is C9H11NS. The topological polar surface area (TPSA) is 26.0 Å². The summed E-state index contributed by atoms with van der Waals surface area (Å²) in [6.45, 7) is 4.04. The molecular weight excluding hydrogens is 154 g/mol. The summed E-state index contributed by atoms with van der Waals surface area (Å²) >= 11 is 4.89. The predicted molar refractivity (Wildman–Crippen MR) is 51.8 cm³/mol. The Balaban J connectivity index is 3.23. The fourth-order valence-electron chi connectivity index (χ4n) is 1.00. The molecule has 1 rings (SSSR count). The van der Waals surface area contributed by atoms with Gasteiger partial charge in [-0.15, -0.1) is 0 Å². The quantitative estimate of drug-likeness (QED) is 0.643. The Bertz CT molecular complexity index is 292. The molecule has 0 atom stereocenters. The molecule has 2 N–H and O–H groups in total. The summed E-state index contributed by atoms with van der Waals surface area (Å²) in [4.78, 5) is 0.478. The minimum atomic E-state index is 0.478. The molecule has 58 valence electrons. The van der Waals surface area contributed by atoms with Gasteiger partial charge in [-0.3, -0.25) is 0 Å². The number of rotatable bonds is 1. The van der Waals surface area contributed by atoms with Crippen molar-refractivity contribution in [3.63, 3.8) is 0 Å². The van der Waals surface area contributed by atoms with Gasteiger partial charge in [-0.2, -0.15) is 0 Å². The van der Waals surface area contributed by atoms with Crippen molar-refractivity contribution in [2.24, 2.45) is 5.73 Å². The second-order valence-electron chi connectivity index (χ2n) is 2.68. The summed E-state index contributed by atoms with van der Waals surface area (Å²) in [5, 5.41) is 0. The standard InChI is InChI=1S/C9H11NS/c1-6-3-4-7(2)8(5-6)9(10)11/h3-5H,1-2H3,(H2,10,11). The van der Waals surface area contributed by atoms with Crippen molar-refractivity contribution in [2.45, 2.75) is 13.8 Å². The maximum absolute atomic E-state index is 5.51. The first-order valence-corrected chi connectivity index (χ1v) is 3.89. The summed E-state index contributed by atoms with van der Waals surface area (Å²) in [5.74, 6) is 0. The largest absolute Gasteiger partial charge is 0.389 e. The van der Waals surface area contributed by atoms with Gasteiger partial charge in [0.25, 0.3) is 0 Å². The lowest BCUT2D eigenvalue weighted by molar-refractivity contribution is 1.37. The van der Waals surface area contributed by atoms with Crippen molar-refractivity contribution in [1.29, 1.82) is 0 Å². The van der Waals surface area contributed by atoms with Gasteiger partial charge in [0.2, 0.25) is 0 Å². The number of benzene rings is 1. The molecule has 1 nitrogen and oxygen atoms in total. The monoisotopic (exact) mass is 165 g/mol. The van der Waals surface area contributed by atoms with Crippen LogP contribution in [0.2, 0.25) is 0 Å². The van der Waals surface area contributed by atoms with Gasteiger partial charge >= 0.3 is 0 Å². The van der Waals surface area contributed by atoms with E-state index >= 15 is 0 Å². The molecule has 0 radical (unpaired) electrons. The van der Waals surface area contributed by atoms with Gasteiger partial charge in [-0.1, -0.05) is 29.9 Å². The average Bonchev–Trinajstić information content (AvgIpc) is 1.94. The second-order valence-corrected chi connectivity index (χ2v) is 3.12. The van der Waals surface area contributed by atoms with E-state index in [0.29, 0.717) is 4.99 Å². The molecule has 0 amide bonds. The Labute approximate surface area is 72.2 Å². The molecule has 0 heterocycles. The molecule has 0 saturated heterocycles. The SMILES string of the molecule is Cc1ccc(C)c(C(N)=S)c1. The van der Waals surface area contributed by atoms with Gasteiger partial charge in [-0.25, -0.2) is 0 Å². The zero-order valence-electron chi connectivity index (χ0n) is 6.72. The van der Waals surface area contributed by atoms with Gasteiger partial charge < -0.3 is 5.73 Å². The summed E-state index contributed by atoms with van der Waals surface area (Å²) in [5.41, 5.74) is 8.84. The van der Waals surface area contributed by atoms with Crippen molar-refractivity contribution in [3.05, 3.63) is 34.9 Å². The first kappa shape index (κ1) is 8.21. The molecule has 0 spiro atoms. The van der Waals surface area contributed by atoms with E-state index in [1.165, 1.54) is 5.56 Å². The maximum atomic E-state index is 5.51. The highest BCUT2D eigenvalue weighted by Gasteiger charge is 1.99. The van der Waals surface area contributed by atoms with Crippen LogP contribution in [0.1, 0.15) is 16.7 Å². The van der Waals surface area contributed by atoms with E-state index in [0.717, 1.165) is 11.1 Å². The highest BCUT2D eigenvalue weighted by molar-refractivity contribution is 7.80. The molecule has 0 bridgehead atoms. The third-order valence-corrected chi connectivity index (χ3v) is 1.88. The van der Waals surface area contributed by atoms with E-state index in [-0.39, 0.29) is 0 Å².